The fourth-order valence-corrected chi connectivity index (χ4v) is 2.72. The van der Waals surface area contributed by atoms with Gasteiger partial charge in [0.2, 0.25) is 10.0 Å². The van der Waals surface area contributed by atoms with Crippen molar-refractivity contribution < 1.29 is 21.6 Å². The second-order valence-corrected chi connectivity index (χ2v) is 6.53. The predicted molar refractivity (Wildman–Crippen MR) is 69.9 cm³/mol. The highest BCUT2D eigenvalue weighted by Crippen LogP contribution is 2.34. The Morgan fingerprint density at radius 3 is 2.45 bits per heavy atom. The Morgan fingerprint density at radius 1 is 1.20 bits per heavy atom. The summed E-state index contributed by atoms with van der Waals surface area (Å²) in [7, 11) is -3.80. The summed E-state index contributed by atoms with van der Waals surface area (Å²) < 4.78 is 63.8. The molecule has 0 unspecified atom stereocenters. The van der Waals surface area contributed by atoms with Gasteiger partial charge in [-0.25, -0.2) is 8.42 Å². The van der Waals surface area contributed by atoms with E-state index in [-0.39, 0.29) is 12.3 Å². The first-order valence-electron chi connectivity index (χ1n) is 6.18. The van der Waals surface area contributed by atoms with Gasteiger partial charge in [0.15, 0.2) is 0 Å². The Bertz CT molecular complexity index is 568. The fraction of sp³-hybridized carbons (Fsp3) is 0.500. The molecule has 1 aromatic rings. The molecule has 8 heteroatoms. The van der Waals surface area contributed by atoms with Gasteiger partial charge in [-0.15, -0.1) is 0 Å². The van der Waals surface area contributed by atoms with Gasteiger partial charge in [-0.3, -0.25) is 4.72 Å². The molecular formula is C12H15F3N2O2S. The lowest BCUT2D eigenvalue weighted by atomic mass is 10.2. The molecule has 0 saturated heterocycles. The van der Waals surface area contributed by atoms with Gasteiger partial charge in [-0.2, -0.15) is 13.2 Å². The standard InChI is InChI=1S/C12H15F3N2O2S/c13-12(14,15)10-3-1-2-4-11(10)17-20(18,19)8-7-16-9-5-6-9/h1-4,9,16-17H,5-8H2. The number of rotatable bonds is 6. The Morgan fingerprint density at radius 2 is 1.85 bits per heavy atom. The minimum Gasteiger partial charge on any atom is -0.313 e. The highest BCUT2D eigenvalue weighted by atomic mass is 32.2. The SMILES string of the molecule is O=S(=O)(CCNC1CC1)Nc1ccccc1C(F)(F)F. The van der Waals surface area contributed by atoms with Crippen LogP contribution in [0.2, 0.25) is 0 Å². The van der Waals surface area contributed by atoms with Crippen molar-refractivity contribution in [1.82, 2.24) is 5.32 Å². The lowest BCUT2D eigenvalue weighted by molar-refractivity contribution is -0.136. The average Bonchev–Trinajstić information content (AvgIpc) is 3.11. The van der Waals surface area contributed by atoms with Gasteiger partial charge in [-0.05, 0) is 25.0 Å². The maximum Gasteiger partial charge on any atom is 0.418 e. The first-order valence-corrected chi connectivity index (χ1v) is 7.83. The van der Waals surface area contributed by atoms with Gasteiger partial charge < -0.3 is 5.32 Å². The van der Waals surface area contributed by atoms with E-state index in [9.17, 15) is 21.6 Å². The van der Waals surface area contributed by atoms with Crippen LogP contribution in [0.3, 0.4) is 0 Å². The van der Waals surface area contributed by atoms with Crippen molar-refractivity contribution in [2.75, 3.05) is 17.0 Å². The number of anilines is 1. The molecule has 1 saturated carbocycles. The van der Waals surface area contributed by atoms with E-state index in [2.05, 4.69) is 5.32 Å². The van der Waals surface area contributed by atoms with Crippen LogP contribution < -0.4 is 10.0 Å². The van der Waals surface area contributed by atoms with Crippen molar-refractivity contribution in [3.63, 3.8) is 0 Å². The zero-order chi connectivity index (χ0) is 14.8. The van der Waals surface area contributed by atoms with Crippen molar-refractivity contribution >= 4 is 15.7 Å². The third kappa shape index (κ3) is 4.38. The summed E-state index contributed by atoms with van der Waals surface area (Å²) in [6.45, 7) is 0.230. The molecule has 2 rings (SSSR count). The first-order chi connectivity index (χ1) is 9.28. The molecule has 1 aliphatic carbocycles. The van der Waals surface area contributed by atoms with Gasteiger partial charge in [0.05, 0.1) is 17.0 Å². The smallest absolute Gasteiger partial charge is 0.313 e. The molecule has 1 aliphatic rings. The van der Waals surface area contributed by atoms with Gasteiger partial charge in [0, 0.05) is 12.6 Å². The normalized spacial score (nSPS) is 16.1. The largest absolute Gasteiger partial charge is 0.418 e. The summed E-state index contributed by atoms with van der Waals surface area (Å²) in [5.74, 6) is -0.254. The van der Waals surface area contributed by atoms with Crippen LogP contribution in [0.15, 0.2) is 24.3 Å². The van der Waals surface area contributed by atoms with Crippen molar-refractivity contribution in [2.45, 2.75) is 25.1 Å². The molecule has 0 spiro atoms. The third-order valence-corrected chi connectivity index (χ3v) is 4.15. The summed E-state index contributed by atoms with van der Waals surface area (Å²) in [5.41, 5.74) is -1.43. The maximum atomic E-state index is 12.7. The third-order valence-electron chi connectivity index (χ3n) is 2.88. The second kappa shape index (κ2) is 5.61. The molecule has 4 nitrogen and oxygen atoms in total. The maximum absolute atomic E-state index is 12.7. The second-order valence-electron chi connectivity index (χ2n) is 4.69. The molecule has 0 aromatic heterocycles. The summed E-state index contributed by atoms with van der Waals surface area (Å²) >= 11 is 0. The van der Waals surface area contributed by atoms with Crippen LogP contribution in [-0.4, -0.2) is 26.8 Å². The van der Waals surface area contributed by atoms with Crippen LogP contribution in [0.1, 0.15) is 18.4 Å². The summed E-state index contributed by atoms with van der Waals surface area (Å²) in [6.07, 6.45) is -2.56. The quantitative estimate of drug-likeness (QED) is 0.847. The van der Waals surface area contributed by atoms with E-state index in [4.69, 9.17) is 0 Å². The molecule has 2 N–H and O–H groups in total. The molecule has 112 valence electrons. The van der Waals surface area contributed by atoms with Crippen LogP contribution in [0.4, 0.5) is 18.9 Å². The minimum absolute atomic E-state index is 0.230. The van der Waals surface area contributed by atoms with Crippen LogP contribution in [0.25, 0.3) is 0 Å². The molecule has 0 heterocycles. The van der Waals surface area contributed by atoms with Crippen molar-refractivity contribution in [3.8, 4) is 0 Å². The van der Waals surface area contributed by atoms with E-state index < -0.39 is 27.5 Å². The zero-order valence-corrected chi connectivity index (χ0v) is 11.4. The molecule has 20 heavy (non-hydrogen) atoms. The van der Waals surface area contributed by atoms with Crippen LogP contribution in [-0.2, 0) is 16.2 Å². The molecule has 0 amide bonds. The lowest BCUT2D eigenvalue weighted by Gasteiger charge is -2.14. The Kier molecular flexibility index (Phi) is 4.24. The van der Waals surface area contributed by atoms with E-state index in [0.717, 1.165) is 25.0 Å². The number of hydrogen-bond acceptors (Lipinski definition) is 3. The molecule has 0 aliphatic heterocycles. The van der Waals surface area contributed by atoms with Crippen molar-refractivity contribution in [2.24, 2.45) is 0 Å². The van der Waals surface area contributed by atoms with E-state index in [1.165, 1.54) is 12.1 Å². The highest BCUT2D eigenvalue weighted by molar-refractivity contribution is 7.92. The van der Waals surface area contributed by atoms with E-state index in [1.54, 1.807) is 0 Å². The topological polar surface area (TPSA) is 58.2 Å². The van der Waals surface area contributed by atoms with Crippen LogP contribution >= 0.6 is 0 Å². The molecular weight excluding hydrogens is 293 g/mol. The fourth-order valence-electron chi connectivity index (χ4n) is 1.72. The van der Waals surface area contributed by atoms with Crippen molar-refractivity contribution in [1.29, 1.82) is 0 Å². The van der Waals surface area contributed by atoms with Gasteiger partial charge in [0.1, 0.15) is 0 Å². The van der Waals surface area contributed by atoms with Crippen LogP contribution in [0.5, 0.6) is 0 Å². The molecule has 1 aromatic carbocycles. The summed E-state index contributed by atoms with van der Waals surface area (Å²) in [5, 5.41) is 3.00. The number of sulfonamides is 1. The first kappa shape index (κ1) is 15.1. The summed E-state index contributed by atoms with van der Waals surface area (Å²) in [4.78, 5) is 0. The highest BCUT2D eigenvalue weighted by Gasteiger charge is 2.34. The Balaban J connectivity index is 2.04. The van der Waals surface area contributed by atoms with E-state index in [0.29, 0.717) is 6.04 Å². The lowest BCUT2D eigenvalue weighted by Crippen LogP contribution is -2.28. The number of nitrogens with one attached hydrogen (secondary N) is 2. The Hall–Kier alpha value is -1.28. The number of alkyl halides is 3. The minimum atomic E-state index is -4.59. The number of halogens is 3. The van der Waals surface area contributed by atoms with Crippen molar-refractivity contribution in [3.05, 3.63) is 29.8 Å². The van der Waals surface area contributed by atoms with Gasteiger partial charge in [0.25, 0.3) is 0 Å². The average molecular weight is 308 g/mol. The van der Waals surface area contributed by atoms with Gasteiger partial charge in [-0.1, -0.05) is 12.1 Å². The summed E-state index contributed by atoms with van der Waals surface area (Å²) in [6, 6.07) is 4.88. The van der Waals surface area contributed by atoms with E-state index >= 15 is 0 Å². The Labute approximate surface area is 115 Å². The monoisotopic (exact) mass is 308 g/mol. The van der Waals surface area contributed by atoms with E-state index in [1.807, 2.05) is 4.72 Å². The molecule has 0 atom stereocenters. The predicted octanol–water partition coefficient (Wildman–Crippen LogP) is 2.20. The molecule has 0 radical (unpaired) electrons. The molecule has 0 bridgehead atoms. The van der Waals surface area contributed by atoms with Gasteiger partial charge >= 0.3 is 6.18 Å². The number of para-hydroxylation sites is 1. The number of benzene rings is 1. The zero-order valence-electron chi connectivity index (χ0n) is 10.6. The molecule has 1 fully saturated rings. The van der Waals surface area contributed by atoms with Crippen LogP contribution in [0, 0.1) is 0 Å². The number of hydrogen-bond donors (Lipinski definition) is 2.